The van der Waals surface area contributed by atoms with Gasteiger partial charge in [0.25, 0.3) is 0 Å². The van der Waals surface area contributed by atoms with Gasteiger partial charge in [-0.2, -0.15) is 0 Å². The number of carboxylic acid groups (broad SMARTS) is 1. The van der Waals surface area contributed by atoms with E-state index in [9.17, 15) is 4.79 Å². The maximum absolute atomic E-state index is 10.9. The van der Waals surface area contributed by atoms with Crippen molar-refractivity contribution in [3.63, 3.8) is 0 Å². The summed E-state index contributed by atoms with van der Waals surface area (Å²) in [6.45, 7) is 1.78. The molecule has 0 aliphatic rings. The third-order valence-corrected chi connectivity index (χ3v) is 5.02. The standard InChI is InChI=1S/C15H10BrClN2O3S/c1-8-13(11-6-7-12(16)23-11)19(18-14(8)22-15(20)21)10-4-2-9(17)3-5-10/h2-7H,1H3,(H,20,21). The van der Waals surface area contributed by atoms with E-state index in [1.807, 2.05) is 24.3 Å². The van der Waals surface area contributed by atoms with Gasteiger partial charge in [0.2, 0.25) is 5.88 Å². The molecule has 3 aromatic rings. The fourth-order valence-electron chi connectivity index (χ4n) is 2.16. The van der Waals surface area contributed by atoms with Crippen molar-refractivity contribution in [2.75, 3.05) is 0 Å². The third kappa shape index (κ3) is 3.26. The Labute approximate surface area is 149 Å². The Balaban J connectivity index is 2.20. The zero-order valence-corrected chi connectivity index (χ0v) is 14.9. The number of rotatable bonds is 3. The molecular formula is C15H10BrClN2O3S. The number of halogens is 2. The van der Waals surface area contributed by atoms with Crippen LogP contribution in [0.5, 0.6) is 5.88 Å². The Hall–Kier alpha value is -1.83. The minimum Gasteiger partial charge on any atom is -0.449 e. The van der Waals surface area contributed by atoms with Crippen LogP contribution in [0.4, 0.5) is 4.79 Å². The smallest absolute Gasteiger partial charge is 0.449 e. The Morgan fingerprint density at radius 2 is 2.00 bits per heavy atom. The van der Waals surface area contributed by atoms with Crippen molar-refractivity contribution in [3.8, 4) is 22.1 Å². The number of carbonyl (C=O) groups is 1. The van der Waals surface area contributed by atoms with Gasteiger partial charge in [-0.1, -0.05) is 11.6 Å². The summed E-state index contributed by atoms with van der Waals surface area (Å²) in [7, 11) is 0. The number of ether oxygens (including phenoxy) is 1. The number of hydrogen-bond acceptors (Lipinski definition) is 4. The summed E-state index contributed by atoms with van der Waals surface area (Å²) >= 11 is 10.9. The molecule has 0 spiro atoms. The number of aromatic nitrogens is 2. The van der Waals surface area contributed by atoms with Gasteiger partial charge in [0, 0.05) is 10.6 Å². The Kier molecular flexibility index (Phi) is 4.43. The van der Waals surface area contributed by atoms with Crippen molar-refractivity contribution in [1.29, 1.82) is 0 Å². The maximum Gasteiger partial charge on any atom is 0.512 e. The van der Waals surface area contributed by atoms with E-state index in [0.29, 0.717) is 10.6 Å². The number of benzene rings is 1. The van der Waals surface area contributed by atoms with Gasteiger partial charge in [0.05, 0.1) is 20.0 Å². The number of nitrogens with zero attached hydrogens (tertiary/aromatic N) is 2. The molecule has 23 heavy (non-hydrogen) atoms. The highest BCUT2D eigenvalue weighted by molar-refractivity contribution is 9.11. The topological polar surface area (TPSA) is 64.3 Å². The van der Waals surface area contributed by atoms with Gasteiger partial charge in [-0.05, 0) is 59.3 Å². The van der Waals surface area contributed by atoms with Gasteiger partial charge in [-0.25, -0.2) is 9.48 Å². The van der Waals surface area contributed by atoms with E-state index in [0.717, 1.165) is 20.0 Å². The molecule has 3 rings (SSSR count). The molecule has 0 fully saturated rings. The quantitative estimate of drug-likeness (QED) is 0.585. The van der Waals surface area contributed by atoms with Crippen LogP contribution in [0.1, 0.15) is 5.56 Å². The van der Waals surface area contributed by atoms with Gasteiger partial charge in [0.15, 0.2) is 0 Å². The molecule has 0 saturated heterocycles. The van der Waals surface area contributed by atoms with E-state index in [1.54, 1.807) is 23.7 Å². The van der Waals surface area contributed by atoms with Crippen LogP contribution in [0.3, 0.4) is 0 Å². The molecular weight excluding hydrogens is 404 g/mol. The molecule has 0 amide bonds. The van der Waals surface area contributed by atoms with Crippen LogP contribution in [0, 0.1) is 6.92 Å². The Bertz CT molecular complexity index is 873. The summed E-state index contributed by atoms with van der Waals surface area (Å²) in [5.74, 6) is 0.0620. The second-order valence-corrected chi connectivity index (χ2v) is 7.54. The van der Waals surface area contributed by atoms with Crippen LogP contribution in [0.25, 0.3) is 16.3 Å². The van der Waals surface area contributed by atoms with Crippen LogP contribution in [-0.4, -0.2) is 21.0 Å². The van der Waals surface area contributed by atoms with Gasteiger partial charge < -0.3 is 9.84 Å². The first-order chi connectivity index (χ1) is 11.0. The molecule has 118 valence electrons. The lowest BCUT2D eigenvalue weighted by Crippen LogP contribution is -2.05. The second-order valence-electron chi connectivity index (χ2n) is 4.64. The molecule has 1 N–H and O–H groups in total. The summed E-state index contributed by atoms with van der Waals surface area (Å²) in [5, 5.41) is 13.8. The molecule has 5 nitrogen and oxygen atoms in total. The first kappa shape index (κ1) is 16.0. The Morgan fingerprint density at radius 1 is 1.30 bits per heavy atom. The van der Waals surface area contributed by atoms with E-state index in [-0.39, 0.29) is 5.88 Å². The highest BCUT2D eigenvalue weighted by Gasteiger charge is 2.21. The summed E-state index contributed by atoms with van der Waals surface area (Å²) in [5.41, 5.74) is 2.19. The predicted molar refractivity (Wildman–Crippen MR) is 93.0 cm³/mol. The molecule has 8 heteroatoms. The van der Waals surface area contributed by atoms with Crippen molar-refractivity contribution >= 4 is 45.0 Å². The first-order valence-electron chi connectivity index (χ1n) is 6.48. The zero-order valence-electron chi connectivity index (χ0n) is 11.8. The van der Waals surface area contributed by atoms with Crippen LogP contribution >= 0.6 is 38.9 Å². The summed E-state index contributed by atoms with van der Waals surface area (Å²) in [6, 6.07) is 11.0. The van der Waals surface area contributed by atoms with Crippen LogP contribution in [0.2, 0.25) is 5.02 Å². The SMILES string of the molecule is Cc1c(OC(=O)O)nn(-c2ccc(Cl)cc2)c1-c1ccc(Br)s1. The molecule has 0 atom stereocenters. The van der Waals surface area contributed by atoms with Gasteiger partial charge in [-0.15, -0.1) is 16.4 Å². The maximum atomic E-state index is 10.9. The van der Waals surface area contributed by atoms with Gasteiger partial charge >= 0.3 is 6.16 Å². The number of hydrogen-bond donors (Lipinski definition) is 1. The van der Waals surface area contributed by atoms with Crippen molar-refractivity contribution in [2.24, 2.45) is 0 Å². The molecule has 0 aliphatic carbocycles. The van der Waals surface area contributed by atoms with E-state index >= 15 is 0 Å². The molecule has 0 aliphatic heterocycles. The predicted octanol–water partition coefficient (Wildman–Crippen LogP) is 5.38. The molecule has 0 unspecified atom stereocenters. The minimum absolute atomic E-state index is 0.0620. The first-order valence-corrected chi connectivity index (χ1v) is 8.46. The fourth-order valence-corrected chi connectivity index (χ4v) is 3.76. The molecule has 2 heterocycles. The average molecular weight is 414 g/mol. The van der Waals surface area contributed by atoms with Crippen LogP contribution in [0.15, 0.2) is 40.2 Å². The summed E-state index contributed by atoms with van der Waals surface area (Å²) in [6.07, 6.45) is -1.40. The van der Waals surface area contributed by atoms with Crippen molar-refractivity contribution in [1.82, 2.24) is 9.78 Å². The van der Waals surface area contributed by atoms with Crippen LogP contribution in [-0.2, 0) is 0 Å². The lowest BCUT2D eigenvalue weighted by Gasteiger charge is -2.06. The van der Waals surface area contributed by atoms with E-state index in [2.05, 4.69) is 21.0 Å². The third-order valence-electron chi connectivity index (χ3n) is 3.14. The Morgan fingerprint density at radius 3 is 2.57 bits per heavy atom. The van der Waals surface area contributed by atoms with E-state index < -0.39 is 6.16 Å². The van der Waals surface area contributed by atoms with Crippen LogP contribution < -0.4 is 4.74 Å². The average Bonchev–Trinajstić information content (AvgIpc) is 3.04. The van der Waals surface area contributed by atoms with Gasteiger partial charge in [-0.3, -0.25) is 0 Å². The highest BCUT2D eigenvalue weighted by Crippen LogP contribution is 2.38. The molecule has 0 radical (unpaired) electrons. The van der Waals surface area contributed by atoms with E-state index in [4.69, 9.17) is 21.4 Å². The second kappa shape index (κ2) is 6.35. The normalized spacial score (nSPS) is 10.7. The molecule has 2 aromatic heterocycles. The van der Waals surface area contributed by atoms with E-state index in [1.165, 1.54) is 11.3 Å². The molecule has 0 bridgehead atoms. The minimum atomic E-state index is -1.40. The lowest BCUT2D eigenvalue weighted by atomic mass is 10.2. The fraction of sp³-hybridized carbons (Fsp3) is 0.0667. The lowest BCUT2D eigenvalue weighted by molar-refractivity contribution is 0.142. The largest absolute Gasteiger partial charge is 0.512 e. The number of thiophene rings is 1. The van der Waals surface area contributed by atoms with Crippen molar-refractivity contribution in [3.05, 3.63) is 50.8 Å². The molecule has 0 saturated carbocycles. The van der Waals surface area contributed by atoms with Crippen molar-refractivity contribution in [2.45, 2.75) is 6.92 Å². The van der Waals surface area contributed by atoms with Gasteiger partial charge in [0.1, 0.15) is 0 Å². The monoisotopic (exact) mass is 412 g/mol. The highest BCUT2D eigenvalue weighted by atomic mass is 79.9. The molecule has 1 aromatic carbocycles. The van der Waals surface area contributed by atoms with Crippen molar-refractivity contribution < 1.29 is 14.6 Å². The summed E-state index contributed by atoms with van der Waals surface area (Å²) < 4.78 is 7.42. The zero-order chi connectivity index (χ0) is 16.6. The summed E-state index contributed by atoms with van der Waals surface area (Å²) in [4.78, 5) is 11.8.